The molecule has 44 heavy (non-hydrogen) atoms. The zero-order chi connectivity index (χ0) is 31.0. The number of likely N-dealkylation sites (N-methyl/N-ethyl adjacent to an activating group) is 1. The number of ketones is 1. The van der Waals surface area contributed by atoms with Crippen molar-refractivity contribution in [2.45, 2.75) is 58.7 Å². The Bertz CT molecular complexity index is 1520. The third kappa shape index (κ3) is 6.36. The highest BCUT2D eigenvalue weighted by Crippen LogP contribution is 2.36. The molecule has 3 aliphatic rings. The Hall–Kier alpha value is -4.18. The maximum Gasteiger partial charge on any atom is 0.321 e. The van der Waals surface area contributed by atoms with Crippen molar-refractivity contribution < 1.29 is 14.4 Å². The van der Waals surface area contributed by atoms with E-state index in [0.29, 0.717) is 31.9 Å². The third-order valence-electron chi connectivity index (χ3n) is 8.98. The Balaban J connectivity index is 1.12. The molecule has 10 nitrogen and oxygen atoms in total. The van der Waals surface area contributed by atoms with Crippen molar-refractivity contribution in [3.8, 4) is 0 Å². The van der Waals surface area contributed by atoms with Gasteiger partial charge in [0.05, 0.1) is 0 Å². The van der Waals surface area contributed by atoms with Gasteiger partial charge in [0.2, 0.25) is 0 Å². The average molecular weight is 598 g/mol. The van der Waals surface area contributed by atoms with E-state index >= 15 is 0 Å². The number of rotatable bonds is 8. The van der Waals surface area contributed by atoms with Crippen LogP contribution in [0, 0.1) is 5.92 Å². The van der Waals surface area contributed by atoms with Gasteiger partial charge in [0.25, 0.3) is 5.91 Å². The topological polar surface area (TPSA) is 103 Å². The number of piperazine rings is 1. The molecule has 1 saturated heterocycles. The standard InChI is InChI=1S/C34H43N7O3/c1-22(2)41-31-23(3)20-40(28-13-9-26(10-14-28)32(42)25-7-8-25)21-29(31)30(37-41)33(43)35-19-24-5-11-27(12-6-24)36-34(44)39-17-15-38(4)16-18-39/h5-6,9-14,22-23,25H,7-8,15-21H2,1-4H3,(H,35,43)(H,36,44)/t23-/m0/s1. The predicted octanol–water partition coefficient (Wildman–Crippen LogP) is 4.89. The number of benzene rings is 2. The number of aromatic nitrogens is 2. The second kappa shape index (κ2) is 12.4. The molecule has 1 atom stereocenters. The van der Waals surface area contributed by atoms with Crippen LogP contribution in [0.1, 0.15) is 83.2 Å². The van der Waals surface area contributed by atoms with Gasteiger partial charge in [-0.1, -0.05) is 19.1 Å². The van der Waals surface area contributed by atoms with Crippen molar-refractivity contribution in [2.75, 3.05) is 50.0 Å². The second-order valence-electron chi connectivity index (χ2n) is 12.8. The number of hydrogen-bond donors (Lipinski definition) is 2. The molecule has 2 aliphatic heterocycles. The van der Waals surface area contributed by atoms with Crippen LogP contribution in [0.3, 0.4) is 0 Å². The lowest BCUT2D eigenvalue weighted by Gasteiger charge is -2.34. The summed E-state index contributed by atoms with van der Waals surface area (Å²) in [5, 5.41) is 10.9. The van der Waals surface area contributed by atoms with Gasteiger partial charge in [-0.3, -0.25) is 14.3 Å². The Kier molecular flexibility index (Phi) is 8.44. The van der Waals surface area contributed by atoms with Crippen LogP contribution in [-0.4, -0.2) is 77.1 Å². The first-order chi connectivity index (χ1) is 21.2. The largest absolute Gasteiger partial charge is 0.366 e. The first-order valence-corrected chi connectivity index (χ1v) is 15.8. The number of Topliss-reactive ketones (excluding diaryl/α,β-unsaturated/α-hetero) is 1. The van der Waals surface area contributed by atoms with Crippen molar-refractivity contribution in [1.29, 1.82) is 0 Å². The van der Waals surface area contributed by atoms with Gasteiger partial charge in [0, 0.05) is 91.9 Å². The fourth-order valence-electron chi connectivity index (χ4n) is 6.21. The first-order valence-electron chi connectivity index (χ1n) is 15.8. The maximum atomic E-state index is 13.6. The van der Waals surface area contributed by atoms with Crippen LogP contribution in [0.2, 0.25) is 0 Å². The van der Waals surface area contributed by atoms with E-state index in [1.54, 1.807) is 0 Å². The quantitative estimate of drug-likeness (QED) is 0.359. The summed E-state index contributed by atoms with van der Waals surface area (Å²) >= 11 is 0. The van der Waals surface area contributed by atoms with Crippen molar-refractivity contribution in [2.24, 2.45) is 5.92 Å². The molecule has 1 aromatic heterocycles. The number of nitrogens with zero attached hydrogens (tertiary/aromatic N) is 5. The molecule has 0 spiro atoms. The molecule has 0 unspecified atom stereocenters. The summed E-state index contributed by atoms with van der Waals surface area (Å²) in [4.78, 5) is 45.0. The Morgan fingerprint density at radius 3 is 2.27 bits per heavy atom. The monoisotopic (exact) mass is 597 g/mol. The molecule has 0 bridgehead atoms. The number of carbonyl (C=O) groups is 3. The van der Waals surface area contributed by atoms with Crippen molar-refractivity contribution >= 4 is 29.1 Å². The molecule has 3 aromatic rings. The van der Waals surface area contributed by atoms with Gasteiger partial charge in [-0.15, -0.1) is 0 Å². The minimum absolute atomic E-state index is 0.0874. The van der Waals surface area contributed by atoms with E-state index in [9.17, 15) is 14.4 Å². The predicted molar refractivity (Wildman–Crippen MR) is 171 cm³/mol. The van der Waals surface area contributed by atoms with Crippen LogP contribution in [0.5, 0.6) is 0 Å². The first kappa shape index (κ1) is 29.9. The highest BCUT2D eigenvalue weighted by atomic mass is 16.2. The lowest BCUT2D eigenvalue weighted by atomic mass is 9.94. The number of fused-ring (bicyclic) bond motifs is 1. The van der Waals surface area contributed by atoms with E-state index in [1.807, 2.05) is 58.1 Å². The zero-order valence-electron chi connectivity index (χ0n) is 26.2. The van der Waals surface area contributed by atoms with Gasteiger partial charge >= 0.3 is 6.03 Å². The Labute approximate surface area is 259 Å². The van der Waals surface area contributed by atoms with Crippen molar-refractivity contribution in [3.63, 3.8) is 0 Å². The summed E-state index contributed by atoms with van der Waals surface area (Å²) in [7, 11) is 2.06. The Morgan fingerprint density at radius 2 is 1.64 bits per heavy atom. The average Bonchev–Trinajstić information content (AvgIpc) is 3.80. The van der Waals surface area contributed by atoms with E-state index in [4.69, 9.17) is 5.10 Å². The van der Waals surface area contributed by atoms with E-state index in [1.165, 1.54) is 0 Å². The summed E-state index contributed by atoms with van der Waals surface area (Å²) < 4.78 is 2.00. The molecule has 3 heterocycles. The van der Waals surface area contributed by atoms with E-state index < -0.39 is 0 Å². The van der Waals surface area contributed by atoms with Gasteiger partial charge in [0.15, 0.2) is 11.5 Å². The minimum Gasteiger partial charge on any atom is -0.366 e. The van der Waals surface area contributed by atoms with Crippen LogP contribution in [0.15, 0.2) is 48.5 Å². The van der Waals surface area contributed by atoms with Crippen molar-refractivity contribution in [3.05, 3.63) is 76.6 Å². The van der Waals surface area contributed by atoms with Crippen LogP contribution in [0.25, 0.3) is 0 Å². The number of hydrogen-bond acceptors (Lipinski definition) is 6. The molecule has 1 saturated carbocycles. The summed E-state index contributed by atoms with van der Waals surface area (Å²) in [6.45, 7) is 11.3. The molecule has 10 heteroatoms. The van der Waals surface area contributed by atoms with Gasteiger partial charge in [-0.05, 0) is 75.7 Å². The highest BCUT2D eigenvalue weighted by molar-refractivity contribution is 5.99. The second-order valence-corrected chi connectivity index (χ2v) is 12.8. The highest BCUT2D eigenvalue weighted by Gasteiger charge is 2.34. The molecule has 232 valence electrons. The number of amides is 3. The van der Waals surface area contributed by atoms with Crippen LogP contribution >= 0.6 is 0 Å². The fourth-order valence-corrected chi connectivity index (χ4v) is 6.21. The molecular weight excluding hydrogens is 554 g/mol. The number of carbonyl (C=O) groups excluding carboxylic acids is 3. The summed E-state index contributed by atoms with van der Waals surface area (Å²) in [5.41, 5.74) is 6.01. The number of urea groups is 1. The van der Waals surface area contributed by atoms with Gasteiger partial charge < -0.3 is 25.3 Å². The van der Waals surface area contributed by atoms with Gasteiger partial charge in [-0.2, -0.15) is 5.10 Å². The fraction of sp³-hybridized carbons (Fsp3) is 0.471. The lowest BCUT2D eigenvalue weighted by Crippen LogP contribution is -2.48. The van der Waals surface area contributed by atoms with Crippen LogP contribution in [-0.2, 0) is 13.1 Å². The molecule has 2 N–H and O–H groups in total. The maximum absolute atomic E-state index is 13.6. The molecule has 0 radical (unpaired) electrons. The van der Waals surface area contributed by atoms with Gasteiger partial charge in [-0.25, -0.2) is 4.79 Å². The molecule has 2 aromatic carbocycles. The molecule has 6 rings (SSSR count). The summed E-state index contributed by atoms with van der Waals surface area (Å²) in [6, 6.07) is 15.5. The van der Waals surface area contributed by atoms with E-state index in [0.717, 1.165) is 66.2 Å². The molecule has 3 amide bonds. The normalized spacial score (nSPS) is 18.7. The van der Waals surface area contributed by atoms with Crippen LogP contribution in [0.4, 0.5) is 16.2 Å². The summed E-state index contributed by atoms with van der Waals surface area (Å²) in [5.74, 6) is 0.421. The van der Waals surface area contributed by atoms with E-state index in [2.05, 4.69) is 48.3 Å². The Morgan fingerprint density at radius 1 is 0.955 bits per heavy atom. The van der Waals surface area contributed by atoms with Crippen LogP contribution < -0.4 is 15.5 Å². The SMILES string of the molecule is CC(C)n1nc(C(=O)NCc2ccc(NC(=O)N3CCN(C)CC3)cc2)c2c1[C@@H](C)CN(c1ccc(C(=O)C3CC3)cc1)C2. The summed E-state index contributed by atoms with van der Waals surface area (Å²) in [6.07, 6.45) is 2.00. The lowest BCUT2D eigenvalue weighted by molar-refractivity contribution is 0.0941. The zero-order valence-corrected chi connectivity index (χ0v) is 26.2. The number of anilines is 2. The number of nitrogens with one attached hydrogen (secondary N) is 2. The molecular formula is C34H43N7O3. The van der Waals surface area contributed by atoms with Gasteiger partial charge in [0.1, 0.15) is 0 Å². The van der Waals surface area contributed by atoms with E-state index in [-0.39, 0.29) is 35.6 Å². The van der Waals surface area contributed by atoms with Crippen molar-refractivity contribution in [1.82, 2.24) is 24.9 Å². The minimum atomic E-state index is -0.201. The molecule has 2 fully saturated rings. The smallest absolute Gasteiger partial charge is 0.321 e. The third-order valence-corrected chi connectivity index (χ3v) is 8.98. The molecule has 1 aliphatic carbocycles.